The van der Waals surface area contributed by atoms with Crippen molar-refractivity contribution in [3.8, 4) is 11.4 Å². The van der Waals surface area contributed by atoms with Gasteiger partial charge in [0.25, 0.3) is 5.56 Å². The summed E-state index contributed by atoms with van der Waals surface area (Å²) in [4.78, 5) is 43.8. The number of methoxy groups -OCH3 is 1. The monoisotopic (exact) mass is 585 g/mol. The van der Waals surface area contributed by atoms with Crippen LogP contribution >= 0.6 is 11.3 Å². The highest BCUT2D eigenvalue weighted by atomic mass is 32.1. The lowest BCUT2D eigenvalue weighted by Crippen LogP contribution is -2.40. The first-order chi connectivity index (χ1) is 20.0. The van der Waals surface area contributed by atoms with Crippen LogP contribution in [0.2, 0.25) is 0 Å². The van der Waals surface area contributed by atoms with Crippen LogP contribution in [0.1, 0.15) is 59.7 Å². The number of aryl methyl sites for hydroxylation is 1. The summed E-state index contributed by atoms with van der Waals surface area (Å²) in [6, 6.07) is 15.2. The molecule has 0 spiro atoms. The van der Waals surface area contributed by atoms with E-state index in [2.05, 4.69) is 4.99 Å². The molecule has 10 heteroatoms. The van der Waals surface area contributed by atoms with Crippen molar-refractivity contribution < 1.29 is 24.2 Å². The van der Waals surface area contributed by atoms with Gasteiger partial charge in [-0.15, -0.1) is 0 Å². The molecule has 5 rings (SSSR count). The highest BCUT2D eigenvalue weighted by molar-refractivity contribution is 7.07. The van der Waals surface area contributed by atoms with Crippen molar-refractivity contribution in [3.05, 3.63) is 114 Å². The zero-order chi connectivity index (χ0) is 30.3. The van der Waals surface area contributed by atoms with E-state index in [1.54, 1.807) is 68.8 Å². The first-order valence-electron chi connectivity index (χ1n) is 13.4. The lowest BCUT2D eigenvalue weighted by molar-refractivity contribution is -0.143. The number of esters is 1. The molecule has 0 amide bonds. The Balaban J connectivity index is 1.65. The fourth-order valence-corrected chi connectivity index (χ4v) is 6.22. The second kappa shape index (κ2) is 11.3. The predicted molar refractivity (Wildman–Crippen MR) is 160 cm³/mol. The number of nitrogens with zero attached hydrogens (tertiary/aromatic N) is 3. The van der Waals surface area contributed by atoms with Crippen molar-refractivity contribution in [2.24, 2.45) is 4.99 Å². The van der Waals surface area contributed by atoms with Crippen molar-refractivity contribution in [1.29, 1.82) is 0 Å². The summed E-state index contributed by atoms with van der Waals surface area (Å²) in [6.07, 6.45) is 1.50. The number of carbonyl (C=O) groups excluding carboxylic acids is 1. The Morgan fingerprint density at radius 3 is 2.31 bits per heavy atom. The van der Waals surface area contributed by atoms with Gasteiger partial charge in [0.2, 0.25) is 0 Å². The first-order valence-corrected chi connectivity index (χ1v) is 14.2. The number of benzene rings is 2. The van der Waals surface area contributed by atoms with Crippen molar-refractivity contribution in [1.82, 2.24) is 9.13 Å². The number of carboxylic acids is 1. The highest BCUT2D eigenvalue weighted by Gasteiger charge is 2.34. The molecule has 3 heterocycles. The van der Waals surface area contributed by atoms with E-state index in [1.165, 1.54) is 11.3 Å². The molecule has 216 valence electrons. The minimum absolute atomic E-state index is 0.209. The number of thiazole rings is 1. The van der Waals surface area contributed by atoms with Gasteiger partial charge < -0.3 is 19.1 Å². The number of carbonyl (C=O) groups is 2. The van der Waals surface area contributed by atoms with Gasteiger partial charge in [-0.3, -0.25) is 9.36 Å². The molecular formula is C32H31N3O6S. The maximum Gasteiger partial charge on any atom is 0.338 e. The molecule has 4 aromatic rings. The van der Waals surface area contributed by atoms with E-state index in [0.29, 0.717) is 26.4 Å². The second-order valence-electron chi connectivity index (χ2n) is 10.3. The molecule has 0 bridgehead atoms. The summed E-state index contributed by atoms with van der Waals surface area (Å²) in [7, 11) is 1.58. The number of allylic oxidation sites excluding steroid dienone is 1. The van der Waals surface area contributed by atoms with E-state index >= 15 is 0 Å². The molecule has 42 heavy (non-hydrogen) atoms. The highest BCUT2D eigenvalue weighted by Crippen LogP contribution is 2.32. The van der Waals surface area contributed by atoms with Crippen molar-refractivity contribution in [3.63, 3.8) is 0 Å². The Morgan fingerprint density at radius 1 is 1.05 bits per heavy atom. The molecule has 0 aliphatic carbocycles. The molecule has 1 aliphatic heterocycles. The Labute approximate surface area is 246 Å². The molecule has 0 saturated carbocycles. The summed E-state index contributed by atoms with van der Waals surface area (Å²) in [6.45, 7) is 9.22. The van der Waals surface area contributed by atoms with Crippen LogP contribution in [0.15, 0.2) is 75.7 Å². The van der Waals surface area contributed by atoms with Crippen LogP contribution in [0, 0.1) is 13.8 Å². The zero-order valence-electron chi connectivity index (χ0n) is 24.2. The van der Waals surface area contributed by atoms with E-state index in [-0.39, 0.29) is 17.2 Å². The minimum atomic E-state index is -0.984. The van der Waals surface area contributed by atoms with E-state index < -0.39 is 18.0 Å². The third-order valence-corrected chi connectivity index (χ3v) is 8.13. The molecule has 2 aromatic carbocycles. The quantitative estimate of drug-likeness (QED) is 0.324. The van der Waals surface area contributed by atoms with Crippen molar-refractivity contribution in [2.45, 2.75) is 46.8 Å². The standard InChI is InChI=1S/C32H31N3O6S/c1-17(2)41-31(39)27-19(4)33-32-35(28(27)21-9-13-25(40-6)14-10-21)29(36)26(42-32)16-23-15-18(3)34(20(23)5)24-11-7-22(8-12-24)30(37)38/h7-17,28H,1-6H3,(H,37,38)/b26-16+/t28-/m0/s1. The fraction of sp³-hybridized carbons (Fsp3) is 0.250. The number of aromatic nitrogens is 2. The number of carboxylic acid groups (broad SMARTS) is 1. The molecule has 0 saturated heterocycles. The molecule has 9 nitrogen and oxygen atoms in total. The third-order valence-electron chi connectivity index (χ3n) is 7.15. The van der Waals surface area contributed by atoms with E-state index in [1.807, 2.05) is 42.7 Å². The average molecular weight is 586 g/mol. The second-order valence-corrected chi connectivity index (χ2v) is 11.3. The van der Waals surface area contributed by atoms with Gasteiger partial charge in [-0.05, 0) is 94.3 Å². The number of hydrogen-bond acceptors (Lipinski definition) is 7. The topological polar surface area (TPSA) is 112 Å². The Kier molecular flexibility index (Phi) is 7.74. The molecule has 1 atom stereocenters. The van der Waals surface area contributed by atoms with Crippen LogP contribution < -0.4 is 19.6 Å². The maximum atomic E-state index is 14.0. The van der Waals surface area contributed by atoms with Crippen molar-refractivity contribution in [2.75, 3.05) is 7.11 Å². The fourth-order valence-electron chi connectivity index (χ4n) is 5.19. The van der Waals surface area contributed by atoms with Gasteiger partial charge in [0.05, 0.1) is 40.6 Å². The number of rotatable bonds is 7. The molecule has 1 N–H and O–H groups in total. The summed E-state index contributed by atoms with van der Waals surface area (Å²) in [5, 5.41) is 9.25. The van der Waals surface area contributed by atoms with Crippen LogP contribution in [-0.4, -0.2) is 39.4 Å². The maximum absolute atomic E-state index is 14.0. The Bertz CT molecular complexity index is 1910. The summed E-state index contributed by atoms with van der Waals surface area (Å²) in [5.41, 5.74) is 4.98. The van der Waals surface area contributed by atoms with Crippen LogP contribution in [0.4, 0.5) is 0 Å². The smallest absolute Gasteiger partial charge is 0.338 e. The third kappa shape index (κ3) is 5.21. The summed E-state index contributed by atoms with van der Waals surface area (Å²) >= 11 is 1.26. The van der Waals surface area contributed by atoms with E-state index in [9.17, 15) is 19.5 Å². The SMILES string of the molecule is COc1ccc([C@H]2C(C(=O)OC(C)C)=C(C)N=c3s/c(=C/c4cc(C)n(-c5ccc(C(=O)O)cc5)c4C)c(=O)n32)cc1. The van der Waals surface area contributed by atoms with Gasteiger partial charge in [0.15, 0.2) is 4.80 Å². The number of aromatic carboxylic acids is 1. The Hall–Kier alpha value is -4.70. The minimum Gasteiger partial charge on any atom is -0.497 e. The summed E-state index contributed by atoms with van der Waals surface area (Å²) in [5.74, 6) is -0.840. The molecule has 0 fully saturated rings. The van der Waals surface area contributed by atoms with Gasteiger partial charge in [0, 0.05) is 17.1 Å². The molecule has 0 radical (unpaired) electrons. The van der Waals surface area contributed by atoms with Gasteiger partial charge in [-0.25, -0.2) is 14.6 Å². The van der Waals surface area contributed by atoms with Crippen LogP contribution in [-0.2, 0) is 9.53 Å². The largest absolute Gasteiger partial charge is 0.497 e. The zero-order valence-corrected chi connectivity index (χ0v) is 25.0. The van der Waals surface area contributed by atoms with Gasteiger partial charge in [0.1, 0.15) is 5.75 Å². The van der Waals surface area contributed by atoms with Crippen LogP contribution in [0.25, 0.3) is 11.8 Å². The van der Waals surface area contributed by atoms with Crippen LogP contribution in [0.5, 0.6) is 5.75 Å². The first kappa shape index (κ1) is 28.8. The number of fused-ring (bicyclic) bond motifs is 1. The molecule has 1 aliphatic rings. The number of ether oxygens (including phenoxy) is 2. The van der Waals surface area contributed by atoms with E-state index in [0.717, 1.165) is 28.2 Å². The molecule has 0 unspecified atom stereocenters. The van der Waals surface area contributed by atoms with E-state index in [4.69, 9.17) is 9.47 Å². The molecule has 2 aromatic heterocycles. The lowest BCUT2D eigenvalue weighted by Gasteiger charge is -2.25. The normalized spacial score (nSPS) is 15.0. The summed E-state index contributed by atoms with van der Waals surface area (Å²) < 4.78 is 14.9. The van der Waals surface area contributed by atoms with Gasteiger partial charge >= 0.3 is 11.9 Å². The van der Waals surface area contributed by atoms with Gasteiger partial charge in [-0.1, -0.05) is 23.5 Å². The van der Waals surface area contributed by atoms with Crippen LogP contribution in [0.3, 0.4) is 0 Å². The average Bonchev–Trinajstić information content (AvgIpc) is 3.41. The van der Waals surface area contributed by atoms with Gasteiger partial charge in [-0.2, -0.15) is 0 Å². The predicted octanol–water partition coefficient (Wildman–Crippen LogP) is 4.30. The van der Waals surface area contributed by atoms with Crippen molar-refractivity contribution >= 4 is 29.4 Å². The lowest BCUT2D eigenvalue weighted by atomic mass is 9.96. The Morgan fingerprint density at radius 2 is 1.71 bits per heavy atom. The number of hydrogen-bond donors (Lipinski definition) is 1. The molecular weight excluding hydrogens is 554 g/mol.